The van der Waals surface area contributed by atoms with Crippen molar-refractivity contribution in [2.24, 2.45) is 0 Å². The summed E-state index contributed by atoms with van der Waals surface area (Å²) in [5.74, 6) is 0. The number of hydrogen-bond acceptors (Lipinski definition) is 2. The molecule has 0 saturated heterocycles. The minimum Gasteiger partial charge on any atom is -0.255 e. The van der Waals surface area contributed by atoms with Gasteiger partial charge in [-0.25, -0.2) is 0 Å². The van der Waals surface area contributed by atoms with Crippen LogP contribution in [-0.4, -0.2) is 13.1 Å². The van der Waals surface area contributed by atoms with E-state index in [1.807, 2.05) is 17.5 Å². The minimum atomic E-state index is -1.31. The molecule has 0 N–H and O–H groups in total. The van der Waals surface area contributed by atoms with E-state index in [-0.39, 0.29) is 5.41 Å². The monoisotopic (exact) mass is 555 g/mol. The first-order valence-electron chi connectivity index (χ1n) is 14.1. The predicted molar refractivity (Wildman–Crippen MR) is 180 cm³/mol. The first-order valence-corrected chi connectivity index (χ1v) is 18.5. The number of benzene rings is 4. The summed E-state index contributed by atoms with van der Waals surface area (Å²) in [5.41, 5.74) is 8.91. The molecule has 2 aromatic heterocycles. The van der Waals surface area contributed by atoms with Crippen molar-refractivity contribution >= 4 is 45.5 Å². The Bertz CT molecular complexity index is 1850. The van der Waals surface area contributed by atoms with Gasteiger partial charge in [-0.2, -0.15) is 0 Å². The predicted octanol–water partition coefficient (Wildman–Crippen LogP) is 10.6. The highest BCUT2D eigenvalue weighted by atomic mass is 32.1. The molecule has 3 heteroatoms. The van der Waals surface area contributed by atoms with Crippen molar-refractivity contribution in [2.45, 2.75) is 52.8 Å². The summed E-state index contributed by atoms with van der Waals surface area (Å²) in [4.78, 5) is 6.28. The second kappa shape index (κ2) is 9.83. The average Bonchev–Trinajstić information content (AvgIpc) is 3.28. The van der Waals surface area contributed by atoms with E-state index in [0.717, 1.165) is 5.69 Å². The van der Waals surface area contributed by atoms with E-state index < -0.39 is 8.07 Å². The highest BCUT2D eigenvalue weighted by Gasteiger charge is 2.19. The molecule has 200 valence electrons. The van der Waals surface area contributed by atoms with Gasteiger partial charge in [0.1, 0.15) is 0 Å². The van der Waals surface area contributed by atoms with Crippen molar-refractivity contribution < 1.29 is 0 Å². The third kappa shape index (κ3) is 4.82. The van der Waals surface area contributed by atoms with Crippen LogP contribution in [0.3, 0.4) is 0 Å². The molecule has 0 aliphatic rings. The Morgan fingerprint density at radius 2 is 1.38 bits per heavy atom. The molecule has 0 spiro atoms. The molecule has 2 heterocycles. The topological polar surface area (TPSA) is 12.9 Å². The first-order chi connectivity index (χ1) is 19.0. The van der Waals surface area contributed by atoms with Gasteiger partial charge in [-0.05, 0) is 68.4 Å². The quantitative estimate of drug-likeness (QED) is 0.197. The van der Waals surface area contributed by atoms with Gasteiger partial charge in [0.05, 0.1) is 18.5 Å². The van der Waals surface area contributed by atoms with E-state index in [0.29, 0.717) is 0 Å². The van der Waals surface area contributed by atoms with E-state index in [4.69, 9.17) is 4.98 Å². The summed E-state index contributed by atoms with van der Waals surface area (Å²) >= 11 is 1.86. The molecule has 0 radical (unpaired) electrons. The standard InChI is InChI=1S/C37H37NSSi/c1-24-31-21-22-38-34(36(31)39-35(24)26-11-16-29(17-12-26)37(2,3)4)33-10-8-9-28-23-27(15-20-32(28)33)25-13-18-30(19-14-25)40(5,6)7/h8-23H,1-7H3. The number of thiophene rings is 1. The minimum absolute atomic E-state index is 0.149. The van der Waals surface area contributed by atoms with Crippen molar-refractivity contribution in [3.8, 4) is 32.8 Å². The molecular weight excluding hydrogens is 519 g/mol. The molecule has 40 heavy (non-hydrogen) atoms. The van der Waals surface area contributed by atoms with E-state index in [9.17, 15) is 0 Å². The van der Waals surface area contributed by atoms with E-state index in [1.165, 1.54) is 64.3 Å². The SMILES string of the molecule is Cc1c(-c2ccc(C(C)(C)C)cc2)sc2c(-c3cccc4cc(-c5ccc([Si](C)(C)C)cc5)ccc34)nccc12. The fraction of sp³-hybridized carbons (Fsp3) is 0.216. The summed E-state index contributed by atoms with van der Waals surface area (Å²) < 4.78 is 1.26. The molecule has 6 aromatic rings. The third-order valence-corrected chi connectivity index (χ3v) is 11.5. The zero-order valence-corrected chi connectivity index (χ0v) is 26.4. The molecule has 0 fully saturated rings. The highest BCUT2D eigenvalue weighted by molar-refractivity contribution is 7.23. The summed E-state index contributed by atoms with van der Waals surface area (Å²) in [7, 11) is -1.31. The van der Waals surface area contributed by atoms with Gasteiger partial charge >= 0.3 is 0 Å². The highest BCUT2D eigenvalue weighted by Crippen LogP contribution is 2.43. The fourth-order valence-electron chi connectivity index (χ4n) is 5.57. The van der Waals surface area contributed by atoms with Crippen LogP contribution >= 0.6 is 11.3 Å². The van der Waals surface area contributed by atoms with Crippen LogP contribution in [0.2, 0.25) is 19.6 Å². The van der Waals surface area contributed by atoms with Crippen LogP contribution < -0.4 is 5.19 Å². The summed E-state index contributed by atoms with van der Waals surface area (Å²) in [6.45, 7) is 16.2. The Morgan fingerprint density at radius 3 is 2.05 bits per heavy atom. The molecule has 0 amide bonds. The molecule has 0 unspecified atom stereocenters. The number of pyridine rings is 1. The Balaban J connectivity index is 1.43. The van der Waals surface area contributed by atoms with E-state index >= 15 is 0 Å². The number of hydrogen-bond donors (Lipinski definition) is 0. The van der Waals surface area contributed by atoms with Crippen molar-refractivity contribution in [2.75, 3.05) is 0 Å². The molecule has 0 bridgehead atoms. The molecule has 0 aliphatic heterocycles. The van der Waals surface area contributed by atoms with Crippen LogP contribution in [0.25, 0.3) is 53.7 Å². The number of aromatic nitrogens is 1. The van der Waals surface area contributed by atoms with Gasteiger partial charge in [-0.3, -0.25) is 4.98 Å². The number of fused-ring (bicyclic) bond motifs is 2. The zero-order chi connectivity index (χ0) is 28.2. The zero-order valence-electron chi connectivity index (χ0n) is 24.6. The maximum atomic E-state index is 4.95. The van der Waals surface area contributed by atoms with Gasteiger partial charge in [-0.1, -0.05) is 124 Å². The Morgan fingerprint density at radius 1 is 0.700 bits per heavy atom. The maximum Gasteiger partial charge on any atom is 0.0886 e. The summed E-state index contributed by atoms with van der Waals surface area (Å²) in [6.07, 6.45) is 1.97. The lowest BCUT2D eigenvalue weighted by molar-refractivity contribution is 0.590. The molecule has 4 aromatic carbocycles. The third-order valence-electron chi connectivity index (χ3n) is 8.09. The second-order valence-corrected chi connectivity index (χ2v) is 19.1. The van der Waals surface area contributed by atoms with Crippen LogP contribution in [-0.2, 0) is 5.41 Å². The van der Waals surface area contributed by atoms with Gasteiger partial charge in [-0.15, -0.1) is 11.3 Å². The van der Waals surface area contributed by atoms with Crippen LogP contribution in [0.5, 0.6) is 0 Å². The lowest BCUT2D eigenvalue weighted by Crippen LogP contribution is -2.37. The summed E-state index contributed by atoms with van der Waals surface area (Å²) in [6, 6.07) is 34.0. The molecule has 1 nitrogen and oxygen atoms in total. The van der Waals surface area contributed by atoms with E-state index in [2.05, 4.69) is 138 Å². The fourth-order valence-corrected chi connectivity index (χ4v) is 8.05. The second-order valence-electron chi connectivity index (χ2n) is 13.0. The van der Waals surface area contributed by atoms with Gasteiger partial charge in [0.25, 0.3) is 0 Å². The van der Waals surface area contributed by atoms with Gasteiger partial charge in [0.2, 0.25) is 0 Å². The molecule has 6 rings (SSSR count). The van der Waals surface area contributed by atoms with Crippen LogP contribution in [0, 0.1) is 6.92 Å². The maximum absolute atomic E-state index is 4.95. The lowest BCUT2D eigenvalue weighted by atomic mass is 9.86. The summed E-state index contributed by atoms with van der Waals surface area (Å²) in [5, 5.41) is 5.27. The van der Waals surface area contributed by atoms with Crippen LogP contribution in [0.15, 0.2) is 97.2 Å². The molecular formula is C37H37NSSi. The average molecular weight is 556 g/mol. The molecule has 0 atom stereocenters. The van der Waals surface area contributed by atoms with Crippen molar-refractivity contribution in [3.05, 3.63) is 108 Å². The van der Waals surface area contributed by atoms with E-state index in [1.54, 1.807) is 0 Å². The van der Waals surface area contributed by atoms with Crippen LogP contribution in [0.4, 0.5) is 0 Å². The van der Waals surface area contributed by atoms with Crippen LogP contribution in [0.1, 0.15) is 31.9 Å². The Hall–Kier alpha value is -3.53. The van der Waals surface area contributed by atoms with Gasteiger partial charge < -0.3 is 0 Å². The molecule has 0 saturated carbocycles. The lowest BCUT2D eigenvalue weighted by Gasteiger charge is -2.19. The van der Waals surface area contributed by atoms with Gasteiger partial charge in [0, 0.05) is 16.6 Å². The number of aryl methyl sites for hydroxylation is 1. The van der Waals surface area contributed by atoms with Crippen molar-refractivity contribution in [1.82, 2.24) is 4.98 Å². The van der Waals surface area contributed by atoms with Crippen molar-refractivity contribution in [1.29, 1.82) is 0 Å². The first kappa shape index (κ1) is 26.7. The molecule has 0 aliphatic carbocycles. The Kier molecular flexibility index (Phi) is 6.56. The van der Waals surface area contributed by atoms with Gasteiger partial charge in [0.15, 0.2) is 0 Å². The van der Waals surface area contributed by atoms with Crippen molar-refractivity contribution in [3.63, 3.8) is 0 Å². The largest absolute Gasteiger partial charge is 0.255 e. The Labute approximate surface area is 243 Å². The number of rotatable bonds is 4. The smallest absolute Gasteiger partial charge is 0.0886 e. The number of nitrogens with zero attached hydrogens (tertiary/aromatic N) is 1. The normalized spacial score (nSPS) is 12.4.